The van der Waals surface area contributed by atoms with Crippen molar-refractivity contribution in [3.05, 3.63) is 39.9 Å². The molecule has 19 heavy (non-hydrogen) atoms. The first-order valence-corrected chi connectivity index (χ1v) is 6.33. The van der Waals surface area contributed by atoms with Crippen LogP contribution in [0.2, 0.25) is 10.0 Å². The van der Waals surface area contributed by atoms with Crippen LogP contribution in [0.4, 0.5) is 0 Å². The highest BCUT2D eigenvalue weighted by Crippen LogP contribution is 2.23. The van der Waals surface area contributed by atoms with Crippen LogP contribution in [0.15, 0.2) is 24.3 Å². The minimum absolute atomic E-state index is 0.318. The fourth-order valence-electron chi connectivity index (χ4n) is 1.40. The lowest BCUT2D eigenvalue weighted by Gasteiger charge is -2.15. The number of benzene rings is 1. The van der Waals surface area contributed by atoms with Crippen molar-refractivity contribution in [3.8, 4) is 0 Å². The van der Waals surface area contributed by atoms with E-state index in [1.54, 1.807) is 31.2 Å². The van der Waals surface area contributed by atoms with Gasteiger partial charge in [0.25, 0.3) is 0 Å². The molecule has 4 nitrogen and oxygen atoms in total. The van der Waals surface area contributed by atoms with Crippen molar-refractivity contribution >= 4 is 41.2 Å². The summed E-state index contributed by atoms with van der Waals surface area (Å²) in [7, 11) is 0. The van der Waals surface area contributed by atoms with Crippen LogP contribution in [-0.4, -0.2) is 35.0 Å². The summed E-state index contributed by atoms with van der Waals surface area (Å²) in [6, 6.07) is 4.97. The molecule has 0 spiro atoms. The van der Waals surface area contributed by atoms with Gasteiger partial charge in [-0.05, 0) is 30.7 Å². The number of hydrogen-bond donors (Lipinski definition) is 1. The molecule has 1 amide bonds. The lowest BCUT2D eigenvalue weighted by atomic mass is 10.2. The summed E-state index contributed by atoms with van der Waals surface area (Å²) in [5.41, 5.74) is 0.717. The van der Waals surface area contributed by atoms with Gasteiger partial charge in [0.2, 0.25) is 5.91 Å². The van der Waals surface area contributed by atoms with Gasteiger partial charge < -0.3 is 10.0 Å². The quantitative estimate of drug-likeness (QED) is 0.851. The number of carbonyl (C=O) groups excluding carboxylic acids is 1. The molecular weight excluding hydrogens is 289 g/mol. The Balaban J connectivity index is 2.76. The molecule has 1 N–H and O–H groups in total. The summed E-state index contributed by atoms with van der Waals surface area (Å²) in [6.07, 6.45) is 2.88. The van der Waals surface area contributed by atoms with Crippen molar-refractivity contribution in [2.45, 2.75) is 6.92 Å². The molecule has 1 aromatic carbocycles. The lowest BCUT2D eigenvalue weighted by molar-refractivity contribution is -0.142. The maximum atomic E-state index is 11.8. The standard InChI is InChI=1S/C13H13Cl2NO3/c1-2-16(8-13(18)19)12(17)6-4-9-3-5-10(14)11(15)7-9/h3-7H,2,8H2,1H3,(H,18,19)/b6-4+. The van der Waals surface area contributed by atoms with Crippen LogP contribution in [-0.2, 0) is 9.59 Å². The summed E-state index contributed by atoms with van der Waals surface area (Å²) in [5, 5.41) is 9.50. The Hall–Kier alpha value is -1.52. The number of amides is 1. The summed E-state index contributed by atoms with van der Waals surface area (Å²) < 4.78 is 0. The number of nitrogens with zero attached hydrogens (tertiary/aromatic N) is 1. The average molecular weight is 302 g/mol. The lowest BCUT2D eigenvalue weighted by Crippen LogP contribution is -2.34. The minimum Gasteiger partial charge on any atom is -0.480 e. The summed E-state index contributed by atoms with van der Waals surface area (Å²) in [6.45, 7) is 1.73. The zero-order valence-electron chi connectivity index (χ0n) is 10.3. The number of rotatable bonds is 5. The predicted octanol–water partition coefficient (Wildman–Crippen LogP) is 2.94. The van der Waals surface area contributed by atoms with E-state index in [0.717, 1.165) is 0 Å². The van der Waals surface area contributed by atoms with Gasteiger partial charge in [0, 0.05) is 12.6 Å². The van der Waals surface area contributed by atoms with Crippen molar-refractivity contribution in [3.63, 3.8) is 0 Å². The van der Waals surface area contributed by atoms with Crippen molar-refractivity contribution < 1.29 is 14.7 Å². The summed E-state index contributed by atoms with van der Waals surface area (Å²) in [5.74, 6) is -1.41. The molecule has 1 rings (SSSR count). The Labute approximate surface area is 121 Å². The molecule has 0 unspecified atom stereocenters. The number of carboxylic acid groups (broad SMARTS) is 1. The van der Waals surface area contributed by atoms with E-state index in [1.807, 2.05) is 0 Å². The zero-order chi connectivity index (χ0) is 14.4. The SMILES string of the molecule is CCN(CC(=O)O)C(=O)/C=C/c1ccc(Cl)c(Cl)c1. The van der Waals surface area contributed by atoms with Gasteiger partial charge in [-0.1, -0.05) is 29.3 Å². The van der Waals surface area contributed by atoms with E-state index >= 15 is 0 Å². The van der Waals surface area contributed by atoms with Gasteiger partial charge in [0.1, 0.15) is 6.54 Å². The molecule has 0 saturated heterocycles. The van der Waals surface area contributed by atoms with Gasteiger partial charge in [0.15, 0.2) is 0 Å². The van der Waals surface area contributed by atoms with E-state index in [9.17, 15) is 9.59 Å². The Bertz CT molecular complexity index is 515. The normalized spacial score (nSPS) is 10.7. The van der Waals surface area contributed by atoms with Crippen LogP contribution < -0.4 is 0 Å². The zero-order valence-corrected chi connectivity index (χ0v) is 11.8. The van der Waals surface area contributed by atoms with Gasteiger partial charge >= 0.3 is 5.97 Å². The Kier molecular flexibility index (Phi) is 5.86. The second-order valence-corrected chi connectivity index (χ2v) is 4.57. The topological polar surface area (TPSA) is 57.6 Å². The van der Waals surface area contributed by atoms with Gasteiger partial charge in [0.05, 0.1) is 10.0 Å². The van der Waals surface area contributed by atoms with Crippen LogP contribution in [0.3, 0.4) is 0 Å². The van der Waals surface area contributed by atoms with Crippen molar-refractivity contribution in [1.29, 1.82) is 0 Å². The van der Waals surface area contributed by atoms with E-state index in [1.165, 1.54) is 11.0 Å². The van der Waals surface area contributed by atoms with Gasteiger partial charge in [-0.2, -0.15) is 0 Å². The molecule has 1 aromatic rings. The highest BCUT2D eigenvalue weighted by molar-refractivity contribution is 6.42. The molecule has 0 fully saturated rings. The summed E-state index contributed by atoms with van der Waals surface area (Å²) >= 11 is 11.6. The molecule has 0 aliphatic rings. The fourth-order valence-corrected chi connectivity index (χ4v) is 1.70. The number of aliphatic carboxylic acids is 1. The molecule has 0 aliphatic heterocycles. The first kappa shape index (κ1) is 15.5. The second kappa shape index (κ2) is 7.16. The molecule has 6 heteroatoms. The van der Waals surface area contributed by atoms with Crippen LogP contribution >= 0.6 is 23.2 Å². The highest BCUT2D eigenvalue weighted by atomic mass is 35.5. The number of carboxylic acids is 1. The van der Waals surface area contributed by atoms with Crippen molar-refractivity contribution in [1.82, 2.24) is 4.90 Å². The molecule has 0 heterocycles. The molecule has 0 radical (unpaired) electrons. The minimum atomic E-state index is -1.04. The number of carbonyl (C=O) groups is 2. The van der Waals surface area contributed by atoms with Crippen LogP contribution in [0.25, 0.3) is 6.08 Å². The molecule has 0 bridgehead atoms. The third-order valence-corrected chi connectivity index (χ3v) is 3.12. The van der Waals surface area contributed by atoms with Crippen molar-refractivity contribution in [2.24, 2.45) is 0 Å². The first-order valence-electron chi connectivity index (χ1n) is 5.58. The number of halogens is 2. The Morgan fingerprint density at radius 1 is 1.32 bits per heavy atom. The molecular formula is C13H13Cl2NO3. The van der Waals surface area contributed by atoms with E-state index in [2.05, 4.69) is 0 Å². The molecule has 0 atom stereocenters. The van der Waals surface area contributed by atoms with Gasteiger partial charge in [-0.15, -0.1) is 0 Å². The number of likely N-dealkylation sites (N-methyl/N-ethyl adjacent to an activating group) is 1. The fraction of sp³-hybridized carbons (Fsp3) is 0.231. The second-order valence-electron chi connectivity index (χ2n) is 3.75. The Morgan fingerprint density at radius 2 is 2.00 bits per heavy atom. The molecule has 0 aromatic heterocycles. The van der Waals surface area contributed by atoms with Crippen molar-refractivity contribution in [2.75, 3.05) is 13.1 Å². The van der Waals surface area contributed by atoms with Crippen LogP contribution in [0.5, 0.6) is 0 Å². The third kappa shape index (κ3) is 4.93. The predicted molar refractivity (Wildman–Crippen MR) is 75.4 cm³/mol. The average Bonchev–Trinajstić information content (AvgIpc) is 2.36. The van der Waals surface area contributed by atoms with Crippen LogP contribution in [0.1, 0.15) is 12.5 Å². The monoisotopic (exact) mass is 301 g/mol. The largest absolute Gasteiger partial charge is 0.480 e. The maximum Gasteiger partial charge on any atom is 0.323 e. The van der Waals surface area contributed by atoms with Gasteiger partial charge in [-0.3, -0.25) is 9.59 Å². The molecule has 0 aliphatic carbocycles. The summed E-state index contributed by atoms with van der Waals surface area (Å²) in [4.78, 5) is 23.5. The van der Waals surface area contributed by atoms with E-state index in [-0.39, 0.29) is 12.5 Å². The third-order valence-electron chi connectivity index (χ3n) is 2.38. The molecule has 0 saturated carbocycles. The first-order chi connectivity index (χ1) is 8.93. The maximum absolute atomic E-state index is 11.8. The number of hydrogen-bond acceptors (Lipinski definition) is 2. The van der Waals surface area contributed by atoms with E-state index in [4.69, 9.17) is 28.3 Å². The van der Waals surface area contributed by atoms with Crippen LogP contribution in [0, 0.1) is 0 Å². The smallest absolute Gasteiger partial charge is 0.323 e. The van der Waals surface area contributed by atoms with E-state index < -0.39 is 5.97 Å². The molecule has 102 valence electrons. The highest BCUT2D eigenvalue weighted by Gasteiger charge is 2.11. The van der Waals surface area contributed by atoms with E-state index in [0.29, 0.717) is 22.2 Å². The Morgan fingerprint density at radius 3 is 2.53 bits per heavy atom. The van der Waals surface area contributed by atoms with Gasteiger partial charge in [-0.25, -0.2) is 0 Å².